The number of fused-ring (bicyclic) bond motifs is 1. The van der Waals surface area contributed by atoms with Crippen LogP contribution in [0.4, 0.5) is 10.2 Å². The first kappa shape index (κ1) is 23.0. The van der Waals surface area contributed by atoms with Crippen molar-refractivity contribution >= 4 is 11.3 Å². The van der Waals surface area contributed by atoms with Gasteiger partial charge in [-0.1, -0.05) is 6.07 Å². The summed E-state index contributed by atoms with van der Waals surface area (Å²) in [6.07, 6.45) is 9.28. The van der Waals surface area contributed by atoms with Crippen LogP contribution in [-0.4, -0.2) is 43.0 Å². The van der Waals surface area contributed by atoms with Gasteiger partial charge < -0.3 is 9.64 Å². The van der Waals surface area contributed by atoms with E-state index in [1.54, 1.807) is 35.4 Å². The molecule has 0 saturated heterocycles. The molecule has 0 aliphatic carbocycles. The Kier molecular flexibility index (Phi) is 6.04. The van der Waals surface area contributed by atoms with Crippen LogP contribution in [0.2, 0.25) is 0 Å². The lowest BCUT2D eigenvalue weighted by Gasteiger charge is -2.26. The summed E-state index contributed by atoms with van der Waals surface area (Å²) in [4.78, 5) is 11.1. The molecule has 0 aromatic carbocycles. The Bertz CT molecular complexity index is 1550. The maximum atomic E-state index is 13.3. The van der Waals surface area contributed by atoms with Crippen molar-refractivity contribution in [2.24, 2.45) is 0 Å². The number of halogens is 1. The lowest BCUT2D eigenvalue weighted by Crippen LogP contribution is -2.22. The second-order valence-electron chi connectivity index (χ2n) is 8.23. The second-order valence-corrected chi connectivity index (χ2v) is 8.23. The number of aromatic nitrogens is 6. The van der Waals surface area contributed by atoms with Crippen molar-refractivity contribution in [3.05, 3.63) is 84.5 Å². The normalized spacial score (nSPS) is 11.9. The molecule has 36 heavy (non-hydrogen) atoms. The van der Waals surface area contributed by atoms with E-state index in [0.29, 0.717) is 29.3 Å². The molecule has 0 radical (unpaired) electrons. The van der Waals surface area contributed by atoms with Crippen LogP contribution in [0.5, 0.6) is 5.75 Å². The highest BCUT2D eigenvalue weighted by Gasteiger charge is 2.17. The van der Waals surface area contributed by atoms with Gasteiger partial charge >= 0.3 is 0 Å². The molecular weight excluding hydrogens is 459 g/mol. The molecule has 0 amide bonds. The van der Waals surface area contributed by atoms with Crippen LogP contribution in [0.25, 0.3) is 22.5 Å². The molecule has 5 heterocycles. The van der Waals surface area contributed by atoms with E-state index in [9.17, 15) is 9.65 Å². The Balaban J connectivity index is 1.41. The zero-order valence-corrected chi connectivity index (χ0v) is 20.0. The number of rotatable bonds is 7. The van der Waals surface area contributed by atoms with Crippen molar-refractivity contribution in [2.75, 3.05) is 18.6 Å². The van der Waals surface area contributed by atoms with Gasteiger partial charge in [-0.05, 0) is 43.7 Å². The third kappa shape index (κ3) is 4.22. The minimum atomic E-state index is -0.411. The maximum Gasteiger partial charge on any atom is 0.161 e. The van der Waals surface area contributed by atoms with Crippen molar-refractivity contribution < 1.29 is 9.13 Å². The molecule has 0 aliphatic rings. The van der Waals surface area contributed by atoms with E-state index in [4.69, 9.17) is 4.74 Å². The number of ether oxygens (including phenoxy) is 1. The summed E-state index contributed by atoms with van der Waals surface area (Å²) in [5.74, 6) is 1.56. The molecule has 0 spiro atoms. The fourth-order valence-electron chi connectivity index (χ4n) is 4.03. The largest absolute Gasteiger partial charge is 0.492 e. The summed E-state index contributed by atoms with van der Waals surface area (Å²) >= 11 is 0. The molecule has 5 rings (SSSR count). The maximum absolute atomic E-state index is 13.3. The summed E-state index contributed by atoms with van der Waals surface area (Å²) in [5, 5.41) is 17.8. The first-order valence-electron chi connectivity index (χ1n) is 11.4. The molecule has 1 atom stereocenters. The lowest BCUT2D eigenvalue weighted by molar-refractivity contribution is 0.338. The van der Waals surface area contributed by atoms with Crippen LogP contribution in [0.3, 0.4) is 0 Å². The average Bonchev–Trinajstić information content (AvgIpc) is 3.54. The minimum Gasteiger partial charge on any atom is -0.492 e. The lowest BCUT2D eigenvalue weighted by atomic mass is 10.0. The number of nitriles is 1. The van der Waals surface area contributed by atoms with Crippen LogP contribution in [-0.2, 0) is 0 Å². The number of hydrogen-bond acceptors (Lipinski definition) is 7. The predicted molar refractivity (Wildman–Crippen MR) is 132 cm³/mol. The van der Waals surface area contributed by atoms with Crippen LogP contribution in [0, 0.1) is 17.1 Å². The van der Waals surface area contributed by atoms with Crippen LogP contribution in [0.1, 0.15) is 31.0 Å². The summed E-state index contributed by atoms with van der Waals surface area (Å²) in [6, 6.07) is 11.7. The van der Waals surface area contributed by atoms with Gasteiger partial charge in [0.15, 0.2) is 11.6 Å². The summed E-state index contributed by atoms with van der Waals surface area (Å²) in [6.45, 7) is 4.49. The first-order chi connectivity index (χ1) is 17.5. The molecule has 0 unspecified atom stereocenters. The van der Waals surface area contributed by atoms with Gasteiger partial charge in [0.05, 0.1) is 48.5 Å². The zero-order valence-electron chi connectivity index (χ0n) is 20.0. The van der Waals surface area contributed by atoms with E-state index in [1.165, 1.54) is 10.9 Å². The highest BCUT2D eigenvalue weighted by Crippen LogP contribution is 2.32. The highest BCUT2D eigenvalue weighted by atomic mass is 19.1. The molecular formula is C26H23FN8O. The number of hydrogen-bond donors (Lipinski definition) is 0. The van der Waals surface area contributed by atoms with Crippen LogP contribution in [0.15, 0.2) is 67.5 Å². The van der Waals surface area contributed by atoms with Gasteiger partial charge in [0.25, 0.3) is 0 Å². The molecule has 0 bridgehead atoms. The molecule has 180 valence electrons. The van der Waals surface area contributed by atoms with Gasteiger partial charge in [-0.3, -0.25) is 0 Å². The molecule has 5 aromatic rings. The smallest absolute Gasteiger partial charge is 0.161 e. The summed E-state index contributed by atoms with van der Waals surface area (Å²) in [7, 11) is 1.96. The van der Waals surface area contributed by atoms with Crippen molar-refractivity contribution in [3.63, 3.8) is 0 Å². The highest BCUT2D eigenvalue weighted by molar-refractivity contribution is 5.85. The van der Waals surface area contributed by atoms with Crippen LogP contribution < -0.4 is 9.64 Å². The van der Waals surface area contributed by atoms with Crippen molar-refractivity contribution in [2.45, 2.75) is 19.9 Å². The molecule has 0 fully saturated rings. The Morgan fingerprint density at radius 3 is 2.58 bits per heavy atom. The third-order valence-corrected chi connectivity index (χ3v) is 6.06. The summed E-state index contributed by atoms with van der Waals surface area (Å²) < 4.78 is 22.0. The molecule has 0 saturated carbocycles. The van der Waals surface area contributed by atoms with Gasteiger partial charge in [0.2, 0.25) is 0 Å². The van der Waals surface area contributed by atoms with E-state index in [-0.39, 0.29) is 6.04 Å². The number of anilines is 1. The van der Waals surface area contributed by atoms with Gasteiger partial charge in [-0.25, -0.2) is 23.6 Å². The molecule has 0 N–H and O–H groups in total. The summed E-state index contributed by atoms with van der Waals surface area (Å²) in [5.41, 5.74) is 3.83. The van der Waals surface area contributed by atoms with E-state index in [1.807, 2.05) is 43.1 Å². The quantitative estimate of drug-likeness (QED) is 0.335. The minimum absolute atomic E-state index is 0.0210. The van der Waals surface area contributed by atoms with E-state index >= 15 is 0 Å². The monoisotopic (exact) mass is 482 g/mol. The van der Waals surface area contributed by atoms with E-state index < -0.39 is 5.82 Å². The van der Waals surface area contributed by atoms with Gasteiger partial charge in [0, 0.05) is 30.6 Å². The van der Waals surface area contributed by atoms with E-state index in [2.05, 4.69) is 33.2 Å². The fourth-order valence-corrected chi connectivity index (χ4v) is 4.03. The number of nitrogens with zero attached hydrogens (tertiary/aromatic N) is 8. The molecule has 0 aliphatic heterocycles. The van der Waals surface area contributed by atoms with Crippen LogP contribution >= 0.6 is 0 Å². The van der Waals surface area contributed by atoms with Crippen molar-refractivity contribution in [1.29, 1.82) is 5.26 Å². The van der Waals surface area contributed by atoms with Gasteiger partial charge in [-0.2, -0.15) is 15.5 Å². The molecule has 5 aromatic heterocycles. The Morgan fingerprint density at radius 2 is 1.94 bits per heavy atom. The Hall–Kier alpha value is -4.78. The average molecular weight is 483 g/mol. The zero-order chi connectivity index (χ0) is 25.2. The Labute approximate surface area is 207 Å². The fraction of sp³-hybridized carbons (Fsp3) is 0.192. The second kappa shape index (κ2) is 9.46. The van der Waals surface area contributed by atoms with E-state index in [0.717, 1.165) is 28.7 Å². The van der Waals surface area contributed by atoms with Gasteiger partial charge in [-0.15, -0.1) is 0 Å². The first-order valence-corrected chi connectivity index (χ1v) is 11.4. The molecule has 10 heteroatoms. The van der Waals surface area contributed by atoms with Crippen molar-refractivity contribution in [3.8, 4) is 28.8 Å². The SMILES string of the molecule is CCOc1cc(-c2ccc(N(C)[C@@H](C)c3ccc(-n4cc(F)cn4)nc3)nc2)c2c(C#N)cnn2c1. The standard InChI is InChI=1S/C26H23FN8O/c1-4-36-22-9-23(26-20(10-28)13-31-35(26)16-22)19-6-7-24(29-12-19)33(3)17(2)18-5-8-25(30-11-18)34-15-21(27)14-32-34/h5-9,11-17H,4H2,1-3H3/t17-/m0/s1. The number of pyridine rings is 3. The third-order valence-electron chi connectivity index (χ3n) is 6.06. The topological polar surface area (TPSA) is 97.2 Å². The molecule has 9 nitrogen and oxygen atoms in total. The predicted octanol–water partition coefficient (Wildman–Crippen LogP) is 4.58. The Morgan fingerprint density at radius 1 is 1.08 bits per heavy atom. The van der Waals surface area contributed by atoms with Gasteiger partial charge in [0.1, 0.15) is 17.6 Å². The van der Waals surface area contributed by atoms with Crippen molar-refractivity contribution in [1.82, 2.24) is 29.4 Å².